The molecule has 4 saturated carbocycles. The average Bonchev–Trinajstić information content (AvgIpc) is 3.54. The minimum atomic E-state index is 0.702. The van der Waals surface area contributed by atoms with Crippen molar-refractivity contribution in [2.45, 2.75) is 93.9 Å². The summed E-state index contributed by atoms with van der Waals surface area (Å²) in [5.74, 6) is 4.46. The third-order valence-electron chi connectivity index (χ3n) is 11.7. The highest BCUT2D eigenvalue weighted by atomic mass is 16.5. The van der Waals surface area contributed by atoms with Crippen molar-refractivity contribution in [1.82, 2.24) is 0 Å². The highest BCUT2D eigenvalue weighted by Gasteiger charge is 2.52. The van der Waals surface area contributed by atoms with Crippen molar-refractivity contribution in [3.63, 3.8) is 0 Å². The molecular formula is C75H108O4. The molecule has 0 amide bonds. The molecule has 0 radical (unpaired) electrons. The Hall–Kier alpha value is -6.40. The Morgan fingerprint density at radius 1 is 0.266 bits per heavy atom. The maximum Gasteiger partial charge on any atom is 0.0351 e. The van der Waals surface area contributed by atoms with Crippen LogP contribution in [0.15, 0.2) is 267 Å². The van der Waals surface area contributed by atoms with Gasteiger partial charge in [-0.3, -0.25) is 0 Å². The second-order valence-electron chi connectivity index (χ2n) is 19.7. The van der Waals surface area contributed by atoms with Crippen LogP contribution in [0.3, 0.4) is 0 Å². The van der Waals surface area contributed by atoms with Crippen molar-refractivity contribution in [2.24, 2.45) is 29.1 Å². The van der Waals surface area contributed by atoms with Crippen LogP contribution in [0.5, 0.6) is 0 Å². The number of hydrogen-bond acceptors (Lipinski definition) is 4. The van der Waals surface area contributed by atoms with Gasteiger partial charge in [-0.2, -0.15) is 0 Å². The standard InChI is InChI=1S/C12H20.4C7H8.4C6H6.C3H8.4C2H6O/c1-12(2)10-4-8-3-9(6-10)7-11(12)5-8;4*1-7-5-3-2-4-6-7;4*1-2-4-6-5-3-1;5*1-3-2/h8-11H,3-7H2,1-2H3;4*2-6H,1H3;4*1-6H;3H2,1-2H3;4*1-2H3. The smallest absolute Gasteiger partial charge is 0.0351 e. The van der Waals surface area contributed by atoms with Gasteiger partial charge in [0, 0.05) is 56.9 Å². The molecule has 0 unspecified atom stereocenters. The quantitative estimate of drug-likeness (QED) is 0.152. The molecule has 0 atom stereocenters. The Balaban J connectivity index is -0.000000804. The second kappa shape index (κ2) is 59.3. The van der Waals surface area contributed by atoms with Crippen LogP contribution in [0.2, 0.25) is 0 Å². The van der Waals surface area contributed by atoms with E-state index in [1.165, 1.54) is 28.7 Å². The van der Waals surface area contributed by atoms with Crippen LogP contribution in [0.1, 0.15) is 88.5 Å². The van der Waals surface area contributed by atoms with E-state index in [-0.39, 0.29) is 0 Å². The van der Waals surface area contributed by atoms with Crippen LogP contribution >= 0.6 is 0 Å². The summed E-state index contributed by atoms with van der Waals surface area (Å²) in [7, 11) is 13.0. The maximum absolute atomic E-state index is 4.25. The number of methoxy groups -OCH3 is 4. The molecule has 4 fully saturated rings. The van der Waals surface area contributed by atoms with Crippen LogP contribution in [0.25, 0.3) is 0 Å². The van der Waals surface area contributed by atoms with Crippen molar-refractivity contribution >= 4 is 0 Å². The lowest BCUT2D eigenvalue weighted by Crippen LogP contribution is -2.49. The van der Waals surface area contributed by atoms with Crippen LogP contribution in [0, 0.1) is 56.8 Å². The van der Waals surface area contributed by atoms with E-state index in [2.05, 4.69) is 123 Å². The number of benzene rings is 8. The zero-order valence-corrected chi connectivity index (χ0v) is 52.1. The van der Waals surface area contributed by atoms with E-state index in [4.69, 9.17) is 0 Å². The fourth-order valence-electron chi connectivity index (χ4n) is 8.08. The summed E-state index contributed by atoms with van der Waals surface area (Å²) in [4.78, 5) is 0. The van der Waals surface area contributed by atoms with Gasteiger partial charge in [-0.15, -0.1) is 0 Å². The lowest BCUT2D eigenvalue weighted by atomic mass is 9.46. The predicted molar refractivity (Wildman–Crippen MR) is 349 cm³/mol. The Labute approximate surface area is 485 Å². The van der Waals surface area contributed by atoms with Crippen LogP contribution in [-0.2, 0) is 18.9 Å². The van der Waals surface area contributed by atoms with Gasteiger partial charge in [0.2, 0.25) is 0 Å². The molecule has 8 aromatic carbocycles. The first kappa shape index (κ1) is 76.8. The average molecular weight is 1070 g/mol. The Morgan fingerprint density at radius 3 is 0.481 bits per heavy atom. The van der Waals surface area contributed by atoms with Crippen LogP contribution in [0.4, 0.5) is 0 Å². The summed E-state index contributed by atoms with van der Waals surface area (Å²) in [5, 5.41) is 0. The molecule has 0 aromatic heterocycles. The van der Waals surface area contributed by atoms with Gasteiger partial charge in [-0.1, -0.05) is 323 Å². The molecule has 0 N–H and O–H groups in total. The highest BCUT2D eigenvalue weighted by Crippen LogP contribution is 2.61. The van der Waals surface area contributed by atoms with Crippen molar-refractivity contribution in [2.75, 3.05) is 56.9 Å². The molecule has 4 aliphatic rings. The Bertz CT molecular complexity index is 1820. The van der Waals surface area contributed by atoms with Gasteiger partial charge < -0.3 is 18.9 Å². The van der Waals surface area contributed by atoms with E-state index >= 15 is 0 Å². The second-order valence-corrected chi connectivity index (χ2v) is 19.7. The minimum Gasteiger partial charge on any atom is -0.388 e. The summed E-state index contributed by atoms with van der Waals surface area (Å²) in [5.41, 5.74) is 5.99. The fourth-order valence-corrected chi connectivity index (χ4v) is 8.08. The topological polar surface area (TPSA) is 36.9 Å². The molecule has 4 bridgehead atoms. The van der Waals surface area contributed by atoms with E-state index in [0.29, 0.717) is 5.41 Å². The number of rotatable bonds is 0. The molecule has 0 spiro atoms. The molecule has 79 heavy (non-hydrogen) atoms. The first-order chi connectivity index (χ1) is 38.3. The lowest BCUT2D eigenvalue weighted by molar-refractivity contribution is -0.0876. The maximum atomic E-state index is 4.25. The zero-order chi connectivity index (χ0) is 59.3. The number of hydrogen-bond donors (Lipinski definition) is 0. The van der Waals surface area contributed by atoms with Gasteiger partial charge in [0.05, 0.1) is 0 Å². The normalized spacial score (nSPS) is 14.9. The molecule has 0 saturated heterocycles. The molecule has 12 rings (SSSR count). The van der Waals surface area contributed by atoms with E-state index in [1.54, 1.807) is 89.0 Å². The van der Waals surface area contributed by atoms with Crippen LogP contribution < -0.4 is 0 Å². The largest absolute Gasteiger partial charge is 0.388 e. The first-order valence-electron chi connectivity index (χ1n) is 28.0. The van der Waals surface area contributed by atoms with Gasteiger partial charge in [-0.05, 0) is 88.9 Å². The molecule has 4 heteroatoms. The summed E-state index contributed by atoms with van der Waals surface area (Å²) in [6, 6.07) is 89.0. The minimum absolute atomic E-state index is 0.702. The van der Waals surface area contributed by atoms with Crippen LogP contribution in [-0.4, -0.2) is 56.9 Å². The van der Waals surface area contributed by atoms with Crippen molar-refractivity contribution in [3.8, 4) is 0 Å². The predicted octanol–water partition coefficient (Wildman–Crippen LogP) is 20.7. The fraction of sp³-hybridized carbons (Fsp3) is 0.360. The molecule has 4 aliphatic carbocycles. The van der Waals surface area contributed by atoms with E-state index in [0.717, 1.165) is 23.7 Å². The number of aryl methyl sites for hydroxylation is 4. The van der Waals surface area contributed by atoms with E-state index < -0.39 is 0 Å². The highest BCUT2D eigenvalue weighted by molar-refractivity contribution is 5.14. The van der Waals surface area contributed by atoms with Crippen molar-refractivity contribution in [3.05, 3.63) is 289 Å². The molecular weight excluding hydrogens is 965 g/mol. The van der Waals surface area contributed by atoms with Gasteiger partial charge >= 0.3 is 0 Å². The monoisotopic (exact) mass is 1070 g/mol. The van der Waals surface area contributed by atoms with E-state index in [1.807, 2.05) is 218 Å². The number of ether oxygens (including phenoxy) is 4. The third kappa shape index (κ3) is 52.1. The molecule has 432 valence electrons. The summed E-state index contributed by atoms with van der Waals surface area (Å²) >= 11 is 0. The Morgan fingerprint density at radius 2 is 0.380 bits per heavy atom. The summed E-state index contributed by atoms with van der Waals surface area (Å²) < 4.78 is 17.0. The first-order valence-corrected chi connectivity index (χ1v) is 28.0. The van der Waals surface area contributed by atoms with Gasteiger partial charge in [0.1, 0.15) is 0 Å². The van der Waals surface area contributed by atoms with Crippen molar-refractivity contribution in [1.29, 1.82) is 0 Å². The zero-order valence-electron chi connectivity index (χ0n) is 52.1. The van der Waals surface area contributed by atoms with Gasteiger partial charge in [0.15, 0.2) is 0 Å². The molecule has 8 aromatic rings. The summed E-state index contributed by atoms with van der Waals surface area (Å²) in [6.45, 7) is 17.6. The van der Waals surface area contributed by atoms with Gasteiger partial charge in [0.25, 0.3) is 0 Å². The van der Waals surface area contributed by atoms with E-state index in [9.17, 15) is 0 Å². The third-order valence-corrected chi connectivity index (χ3v) is 11.7. The molecule has 4 nitrogen and oxygen atoms in total. The molecule has 0 heterocycles. The van der Waals surface area contributed by atoms with Crippen molar-refractivity contribution < 1.29 is 18.9 Å². The van der Waals surface area contributed by atoms with Gasteiger partial charge in [-0.25, -0.2) is 0 Å². The Kier molecular flexibility index (Phi) is 57.6. The molecule has 0 aliphatic heterocycles. The summed E-state index contributed by atoms with van der Waals surface area (Å²) in [6.07, 6.45) is 9.11. The lowest BCUT2D eigenvalue weighted by Gasteiger charge is -2.59. The SMILES string of the molecule is CC1(C)C2CC3CC(C2)CC1C3.CCC.COC.COC.COC.COC.Cc1ccccc1.Cc1ccccc1.Cc1ccccc1.Cc1ccccc1.c1ccccc1.c1ccccc1.c1ccccc1.c1ccccc1.